The van der Waals surface area contributed by atoms with E-state index in [4.69, 9.17) is 5.73 Å². The molecule has 0 atom stereocenters. The summed E-state index contributed by atoms with van der Waals surface area (Å²) in [6, 6.07) is 5.62. The first-order chi connectivity index (χ1) is 4.72. The molecule has 0 radical (unpaired) electrons. The first-order valence-electron chi connectivity index (χ1n) is 3.06. The second-order valence-corrected chi connectivity index (χ2v) is 2.26. The second-order valence-electron chi connectivity index (χ2n) is 2.26. The van der Waals surface area contributed by atoms with Gasteiger partial charge in [-0.15, -0.1) is 0 Å². The highest BCUT2D eigenvalue weighted by molar-refractivity contribution is 5.56. The van der Waals surface area contributed by atoms with Crippen LogP contribution in [0.3, 0.4) is 0 Å². The lowest BCUT2D eigenvalue weighted by Gasteiger charge is -1.97. The van der Waals surface area contributed by atoms with Crippen molar-refractivity contribution in [3.8, 4) is 0 Å². The largest absolute Gasteiger partial charge is 0.399 e. The summed E-state index contributed by atoms with van der Waals surface area (Å²) in [6.07, 6.45) is 0. The summed E-state index contributed by atoms with van der Waals surface area (Å²) in [6.45, 7) is 5.38. The molecule has 0 heterocycles. The van der Waals surface area contributed by atoms with Crippen LogP contribution in [-0.2, 0) is 0 Å². The summed E-state index contributed by atoms with van der Waals surface area (Å²) in [5.41, 5.74) is 8.23. The Bertz CT molecular complexity index is 233. The summed E-state index contributed by atoms with van der Waals surface area (Å²) in [7, 11) is 0. The zero-order valence-electron chi connectivity index (χ0n) is 5.96. The number of hydrogen-bond donors (Lipinski definition) is 1. The zero-order chi connectivity index (χ0) is 7.56. The van der Waals surface area contributed by atoms with Crippen molar-refractivity contribution in [2.45, 2.75) is 6.92 Å². The topological polar surface area (TPSA) is 38.4 Å². The lowest BCUT2D eigenvalue weighted by molar-refractivity contribution is 1.44. The Morgan fingerprint density at radius 3 is 2.60 bits per heavy atom. The minimum Gasteiger partial charge on any atom is -0.399 e. The number of hydrogen-bond acceptors (Lipinski definition) is 2. The van der Waals surface area contributed by atoms with Crippen LogP contribution >= 0.6 is 0 Å². The monoisotopic (exact) mass is 134 g/mol. The van der Waals surface area contributed by atoms with Crippen LogP contribution in [0.4, 0.5) is 11.4 Å². The van der Waals surface area contributed by atoms with Gasteiger partial charge in [0.2, 0.25) is 0 Å². The molecule has 0 amide bonds. The van der Waals surface area contributed by atoms with Gasteiger partial charge in [0.05, 0.1) is 5.69 Å². The average Bonchev–Trinajstić information content (AvgIpc) is 1.85. The molecule has 52 valence electrons. The fourth-order valence-electron chi connectivity index (χ4n) is 0.883. The molecule has 0 aliphatic carbocycles. The average molecular weight is 134 g/mol. The van der Waals surface area contributed by atoms with Gasteiger partial charge in [0.1, 0.15) is 0 Å². The fraction of sp³-hybridized carbons (Fsp3) is 0.125. The number of aryl methyl sites for hydroxylation is 1. The molecule has 0 bridgehead atoms. The third kappa shape index (κ3) is 1.35. The molecule has 2 nitrogen and oxygen atoms in total. The molecule has 1 aromatic carbocycles. The van der Waals surface area contributed by atoms with Crippen LogP contribution < -0.4 is 5.73 Å². The predicted molar refractivity (Wildman–Crippen MR) is 44.8 cm³/mol. The Labute approximate surface area is 60.4 Å². The Morgan fingerprint density at radius 1 is 1.40 bits per heavy atom. The summed E-state index contributed by atoms with van der Waals surface area (Å²) >= 11 is 0. The van der Waals surface area contributed by atoms with Crippen molar-refractivity contribution < 1.29 is 0 Å². The molecule has 1 aromatic rings. The van der Waals surface area contributed by atoms with Crippen molar-refractivity contribution in [3.63, 3.8) is 0 Å². The number of anilines is 1. The SMILES string of the molecule is C=Nc1cc(C)cc(N)c1. The van der Waals surface area contributed by atoms with E-state index in [1.54, 1.807) is 6.07 Å². The predicted octanol–water partition coefficient (Wildman–Crippen LogP) is 1.91. The molecule has 0 saturated heterocycles. The highest BCUT2D eigenvalue weighted by Crippen LogP contribution is 2.17. The first kappa shape index (κ1) is 6.81. The van der Waals surface area contributed by atoms with Gasteiger partial charge in [0.15, 0.2) is 0 Å². The van der Waals surface area contributed by atoms with Crippen LogP contribution in [-0.4, -0.2) is 6.72 Å². The van der Waals surface area contributed by atoms with Gasteiger partial charge < -0.3 is 5.73 Å². The van der Waals surface area contributed by atoms with Crippen LogP contribution in [0.5, 0.6) is 0 Å². The van der Waals surface area contributed by atoms with Gasteiger partial charge in [-0.25, -0.2) is 0 Å². The molecule has 0 aromatic heterocycles. The normalized spacial score (nSPS) is 9.30. The Morgan fingerprint density at radius 2 is 2.10 bits per heavy atom. The maximum absolute atomic E-state index is 5.55. The van der Waals surface area contributed by atoms with E-state index in [2.05, 4.69) is 11.7 Å². The highest BCUT2D eigenvalue weighted by Gasteiger charge is 1.90. The molecule has 0 aliphatic rings. The standard InChI is InChI=1S/C8H10N2/c1-6-3-7(9)5-8(4-6)10-2/h3-5H,2,9H2,1H3. The molecule has 0 unspecified atom stereocenters. The van der Waals surface area contributed by atoms with Crippen molar-refractivity contribution >= 4 is 18.1 Å². The molecule has 10 heavy (non-hydrogen) atoms. The number of rotatable bonds is 1. The Hall–Kier alpha value is -1.31. The molecule has 0 saturated carbocycles. The van der Waals surface area contributed by atoms with Crippen molar-refractivity contribution in [1.82, 2.24) is 0 Å². The number of benzene rings is 1. The van der Waals surface area contributed by atoms with Crippen molar-refractivity contribution in [3.05, 3.63) is 23.8 Å². The van der Waals surface area contributed by atoms with E-state index >= 15 is 0 Å². The van der Waals surface area contributed by atoms with Crippen LogP contribution in [0.15, 0.2) is 23.2 Å². The van der Waals surface area contributed by atoms with E-state index in [1.165, 1.54) is 0 Å². The van der Waals surface area contributed by atoms with Crippen LogP contribution in [0.1, 0.15) is 5.56 Å². The smallest absolute Gasteiger partial charge is 0.0645 e. The number of nitrogens with two attached hydrogens (primary N) is 1. The summed E-state index contributed by atoms with van der Waals surface area (Å²) in [4.78, 5) is 3.76. The molecule has 1 rings (SSSR count). The molecule has 0 aliphatic heterocycles. The van der Waals surface area contributed by atoms with E-state index in [-0.39, 0.29) is 0 Å². The van der Waals surface area contributed by atoms with Gasteiger partial charge in [-0.2, -0.15) is 0 Å². The summed E-state index contributed by atoms with van der Waals surface area (Å²) in [5, 5.41) is 0. The second kappa shape index (κ2) is 2.52. The Balaban J connectivity index is 3.18. The lowest BCUT2D eigenvalue weighted by atomic mass is 10.2. The van der Waals surface area contributed by atoms with E-state index < -0.39 is 0 Å². The third-order valence-corrected chi connectivity index (χ3v) is 1.27. The minimum atomic E-state index is 0.738. The number of nitrogen functional groups attached to an aromatic ring is 1. The maximum atomic E-state index is 5.55. The maximum Gasteiger partial charge on any atom is 0.0645 e. The highest BCUT2D eigenvalue weighted by atomic mass is 14.7. The van der Waals surface area contributed by atoms with Gasteiger partial charge in [-0.1, -0.05) is 0 Å². The minimum absolute atomic E-state index is 0.738. The molecular formula is C8H10N2. The zero-order valence-corrected chi connectivity index (χ0v) is 5.96. The van der Waals surface area contributed by atoms with Crippen LogP contribution in [0.2, 0.25) is 0 Å². The van der Waals surface area contributed by atoms with Crippen molar-refractivity contribution in [2.24, 2.45) is 4.99 Å². The molecule has 0 fully saturated rings. The van der Waals surface area contributed by atoms with Crippen LogP contribution in [0, 0.1) is 6.92 Å². The van der Waals surface area contributed by atoms with Crippen molar-refractivity contribution in [2.75, 3.05) is 5.73 Å². The van der Waals surface area contributed by atoms with Gasteiger partial charge >= 0.3 is 0 Å². The quantitative estimate of drug-likeness (QED) is 0.462. The summed E-state index contributed by atoms with van der Waals surface area (Å²) in [5.74, 6) is 0. The van der Waals surface area contributed by atoms with Gasteiger partial charge in [0, 0.05) is 5.69 Å². The Kier molecular flexibility index (Phi) is 1.71. The number of aliphatic imine (C=N–C) groups is 1. The molecule has 2 heteroatoms. The fourth-order valence-corrected chi connectivity index (χ4v) is 0.883. The van der Waals surface area contributed by atoms with Gasteiger partial charge in [-0.05, 0) is 37.4 Å². The van der Waals surface area contributed by atoms with Crippen molar-refractivity contribution in [1.29, 1.82) is 0 Å². The van der Waals surface area contributed by atoms with Gasteiger partial charge in [-0.3, -0.25) is 4.99 Å². The molecule has 2 N–H and O–H groups in total. The van der Waals surface area contributed by atoms with E-state index in [9.17, 15) is 0 Å². The lowest BCUT2D eigenvalue weighted by Crippen LogP contribution is -1.84. The summed E-state index contributed by atoms with van der Waals surface area (Å²) < 4.78 is 0. The van der Waals surface area contributed by atoms with E-state index in [0.29, 0.717) is 0 Å². The first-order valence-corrected chi connectivity index (χ1v) is 3.06. The van der Waals surface area contributed by atoms with Crippen LogP contribution in [0.25, 0.3) is 0 Å². The van der Waals surface area contributed by atoms with E-state index in [1.807, 2.05) is 19.1 Å². The third-order valence-electron chi connectivity index (χ3n) is 1.27. The van der Waals surface area contributed by atoms with Gasteiger partial charge in [0.25, 0.3) is 0 Å². The molecular weight excluding hydrogens is 124 g/mol. The van der Waals surface area contributed by atoms with E-state index in [0.717, 1.165) is 16.9 Å². The molecule has 0 spiro atoms. The number of nitrogens with zero attached hydrogens (tertiary/aromatic N) is 1.